The van der Waals surface area contributed by atoms with Gasteiger partial charge in [-0.15, -0.1) is 0 Å². The van der Waals surface area contributed by atoms with Gasteiger partial charge in [-0.25, -0.2) is 9.13 Å². The zero-order valence-corrected chi connectivity index (χ0v) is 62.0. The molecule has 0 spiro atoms. The summed E-state index contributed by atoms with van der Waals surface area (Å²) in [6, 6.07) is 0. The third kappa shape index (κ3) is 65.4. The predicted octanol–water partition coefficient (Wildman–Crippen LogP) is 20.9. The summed E-state index contributed by atoms with van der Waals surface area (Å²) in [5, 5.41) is 10.6. The van der Waals surface area contributed by atoms with Crippen LogP contribution < -0.4 is 0 Å². The van der Waals surface area contributed by atoms with Crippen molar-refractivity contribution in [3.8, 4) is 0 Å². The van der Waals surface area contributed by atoms with E-state index in [1.807, 2.05) is 0 Å². The first-order valence-corrected chi connectivity index (χ1v) is 40.7. The fourth-order valence-electron chi connectivity index (χ4n) is 11.0. The number of phosphoric ester groups is 2. The number of hydrogen-bond donors (Lipinski definition) is 3. The largest absolute Gasteiger partial charge is 0.472 e. The summed E-state index contributed by atoms with van der Waals surface area (Å²) in [6.07, 6.45) is 46.0. The Bertz CT molecular complexity index is 1820. The Morgan fingerprint density at radius 1 is 0.304 bits per heavy atom. The van der Waals surface area contributed by atoms with Gasteiger partial charge in [0, 0.05) is 25.7 Å². The summed E-state index contributed by atoms with van der Waals surface area (Å²) in [4.78, 5) is 72.6. The summed E-state index contributed by atoms with van der Waals surface area (Å²) in [5.74, 6) is 0.870. The number of aliphatic hydroxyl groups excluding tert-OH is 1. The van der Waals surface area contributed by atoms with Crippen molar-refractivity contribution in [1.29, 1.82) is 0 Å². The lowest BCUT2D eigenvalue weighted by Gasteiger charge is -2.21. The molecule has 546 valence electrons. The minimum Gasteiger partial charge on any atom is -0.462 e. The molecule has 3 unspecified atom stereocenters. The second-order valence-electron chi connectivity index (χ2n) is 28.0. The lowest BCUT2D eigenvalue weighted by molar-refractivity contribution is -0.161. The molecule has 0 radical (unpaired) electrons. The number of carbonyl (C=O) groups excluding carboxylic acids is 4. The number of aliphatic hydroxyl groups is 1. The van der Waals surface area contributed by atoms with Crippen LogP contribution in [0.15, 0.2) is 0 Å². The highest BCUT2D eigenvalue weighted by atomic mass is 31.2. The zero-order chi connectivity index (χ0) is 68.2. The molecule has 0 aliphatic carbocycles. The number of ether oxygens (including phenoxy) is 4. The van der Waals surface area contributed by atoms with Gasteiger partial charge in [0.15, 0.2) is 12.2 Å². The van der Waals surface area contributed by atoms with Gasteiger partial charge in [0.2, 0.25) is 0 Å². The highest BCUT2D eigenvalue weighted by Crippen LogP contribution is 2.45. The molecule has 0 heterocycles. The van der Waals surface area contributed by atoms with Crippen LogP contribution in [-0.4, -0.2) is 96.7 Å². The molecular formula is C73H142O17P2. The Morgan fingerprint density at radius 2 is 0.522 bits per heavy atom. The third-order valence-electron chi connectivity index (χ3n) is 17.2. The highest BCUT2D eigenvalue weighted by molar-refractivity contribution is 7.47. The fourth-order valence-corrected chi connectivity index (χ4v) is 12.6. The number of hydrogen-bond acceptors (Lipinski definition) is 15. The molecule has 0 amide bonds. The molecule has 0 saturated heterocycles. The molecule has 19 heteroatoms. The van der Waals surface area contributed by atoms with Crippen molar-refractivity contribution in [2.24, 2.45) is 23.7 Å². The van der Waals surface area contributed by atoms with E-state index in [0.29, 0.717) is 31.6 Å². The van der Waals surface area contributed by atoms with Crippen molar-refractivity contribution in [2.45, 2.75) is 382 Å². The van der Waals surface area contributed by atoms with Crippen molar-refractivity contribution in [1.82, 2.24) is 0 Å². The van der Waals surface area contributed by atoms with Crippen molar-refractivity contribution >= 4 is 39.5 Å². The molecule has 0 aromatic heterocycles. The second-order valence-corrected chi connectivity index (χ2v) is 30.9. The number of unbranched alkanes of at least 4 members (excludes halogenated alkanes) is 35. The van der Waals surface area contributed by atoms with Crippen LogP contribution in [0.4, 0.5) is 0 Å². The lowest BCUT2D eigenvalue weighted by atomic mass is 10.00. The van der Waals surface area contributed by atoms with E-state index in [1.54, 1.807) is 0 Å². The van der Waals surface area contributed by atoms with Gasteiger partial charge in [-0.2, -0.15) is 0 Å². The predicted molar refractivity (Wildman–Crippen MR) is 372 cm³/mol. The monoisotopic (exact) mass is 1350 g/mol. The van der Waals surface area contributed by atoms with Gasteiger partial charge < -0.3 is 33.8 Å². The van der Waals surface area contributed by atoms with Crippen molar-refractivity contribution < 1.29 is 80.2 Å². The molecule has 0 fully saturated rings. The molecule has 17 nitrogen and oxygen atoms in total. The van der Waals surface area contributed by atoms with Crippen LogP contribution in [0.3, 0.4) is 0 Å². The molecule has 0 aromatic carbocycles. The van der Waals surface area contributed by atoms with Crippen molar-refractivity contribution in [3.63, 3.8) is 0 Å². The number of carbonyl (C=O) groups is 4. The van der Waals surface area contributed by atoms with E-state index in [-0.39, 0.29) is 25.7 Å². The Morgan fingerprint density at radius 3 is 0.772 bits per heavy atom. The maximum Gasteiger partial charge on any atom is 0.472 e. The van der Waals surface area contributed by atoms with E-state index in [0.717, 1.165) is 114 Å². The first-order valence-electron chi connectivity index (χ1n) is 37.7. The molecule has 0 rings (SSSR count). The van der Waals surface area contributed by atoms with Gasteiger partial charge in [-0.3, -0.25) is 37.3 Å². The Balaban J connectivity index is 5.20. The molecule has 0 saturated carbocycles. The van der Waals surface area contributed by atoms with Gasteiger partial charge in [0.25, 0.3) is 0 Å². The molecule has 0 bridgehead atoms. The first-order chi connectivity index (χ1) is 44.1. The van der Waals surface area contributed by atoms with E-state index in [9.17, 15) is 43.2 Å². The number of phosphoric acid groups is 2. The minimum absolute atomic E-state index is 0.103. The van der Waals surface area contributed by atoms with Crippen LogP contribution >= 0.6 is 15.6 Å². The Labute approximate surface area is 562 Å². The van der Waals surface area contributed by atoms with Crippen LogP contribution in [-0.2, 0) is 65.4 Å². The molecule has 0 aromatic rings. The second kappa shape index (κ2) is 62.6. The van der Waals surface area contributed by atoms with Crippen LogP contribution in [0.25, 0.3) is 0 Å². The smallest absolute Gasteiger partial charge is 0.462 e. The summed E-state index contributed by atoms with van der Waals surface area (Å²) >= 11 is 0. The van der Waals surface area contributed by atoms with Gasteiger partial charge in [0.1, 0.15) is 19.3 Å². The fraction of sp³-hybridized carbons (Fsp3) is 0.945. The van der Waals surface area contributed by atoms with Gasteiger partial charge in [-0.1, -0.05) is 312 Å². The van der Waals surface area contributed by atoms with Gasteiger partial charge in [0.05, 0.1) is 26.4 Å². The Kier molecular flexibility index (Phi) is 61.3. The molecule has 92 heavy (non-hydrogen) atoms. The topological polar surface area (TPSA) is 237 Å². The van der Waals surface area contributed by atoms with E-state index in [4.69, 9.17) is 37.0 Å². The molecule has 0 aliphatic heterocycles. The normalized spacial score (nSPS) is 14.5. The average Bonchev–Trinajstić information content (AvgIpc) is 2.77. The van der Waals surface area contributed by atoms with Crippen LogP contribution in [0, 0.1) is 23.7 Å². The summed E-state index contributed by atoms with van der Waals surface area (Å²) in [5.41, 5.74) is 0. The van der Waals surface area contributed by atoms with E-state index < -0.39 is 97.5 Å². The van der Waals surface area contributed by atoms with Crippen molar-refractivity contribution in [3.05, 3.63) is 0 Å². The Hall–Kier alpha value is -1.94. The summed E-state index contributed by atoms with van der Waals surface area (Å²) in [6.45, 7) is 14.1. The molecular weight excluding hydrogens is 1210 g/mol. The first kappa shape index (κ1) is 90.1. The zero-order valence-electron chi connectivity index (χ0n) is 60.2. The lowest BCUT2D eigenvalue weighted by Crippen LogP contribution is -2.30. The van der Waals surface area contributed by atoms with Crippen LogP contribution in [0.2, 0.25) is 0 Å². The standard InChI is InChI=1S/C73H142O17P2/c1-9-66(8)52-44-36-31-32-38-46-54-71(76)84-60-69(89-72(77)55-47-39-29-23-19-15-17-21-26-34-42-50-64(4)5)62-88-92(81,82)86-58-67(74)57-85-91(79,80)87-61-68(90-73(78)56-48-40-30-24-27-35-43-51-65(6)7)59-83-70(75)53-45-37-28-22-18-14-12-10-11-13-16-20-25-33-41-49-63(2)3/h63-69,74H,9-62H2,1-8H3,(H,79,80)(H,81,82)/t66?,67-,68-,69-/m1/s1. The van der Waals surface area contributed by atoms with Gasteiger partial charge in [-0.05, 0) is 49.4 Å². The van der Waals surface area contributed by atoms with E-state index in [2.05, 4.69) is 55.4 Å². The van der Waals surface area contributed by atoms with E-state index in [1.165, 1.54) is 161 Å². The molecule has 0 aliphatic rings. The summed E-state index contributed by atoms with van der Waals surface area (Å²) in [7, 11) is -9.91. The maximum absolute atomic E-state index is 13.0. The van der Waals surface area contributed by atoms with Gasteiger partial charge >= 0.3 is 39.5 Å². The highest BCUT2D eigenvalue weighted by Gasteiger charge is 2.30. The van der Waals surface area contributed by atoms with Crippen LogP contribution in [0.1, 0.15) is 364 Å². The molecule has 6 atom stereocenters. The van der Waals surface area contributed by atoms with Crippen molar-refractivity contribution in [2.75, 3.05) is 39.6 Å². The van der Waals surface area contributed by atoms with E-state index >= 15 is 0 Å². The van der Waals surface area contributed by atoms with Crippen LogP contribution in [0.5, 0.6) is 0 Å². The molecule has 3 N–H and O–H groups in total. The maximum atomic E-state index is 13.0. The minimum atomic E-state index is -4.95. The average molecular weight is 1350 g/mol. The quantitative estimate of drug-likeness (QED) is 0.0222. The number of rotatable bonds is 70. The summed E-state index contributed by atoms with van der Waals surface area (Å²) < 4.78 is 68.4. The number of esters is 4. The third-order valence-corrected chi connectivity index (χ3v) is 19.1. The SMILES string of the molecule is CCC(C)CCCCCCCCC(=O)OC[C@H](COP(=O)(O)OC[C@H](O)COP(=O)(O)OC[C@@H](COC(=O)CCCCCCCCCCCCCCCCCC(C)C)OC(=O)CCCCCCCCCC(C)C)OC(=O)CCCCCCCCCCCCCC(C)C.